The van der Waals surface area contributed by atoms with Crippen LogP contribution in [0.1, 0.15) is 87.1 Å². The molecule has 162 valence electrons. The lowest BCUT2D eigenvalue weighted by molar-refractivity contribution is 0.0898. The number of carbonyl (C=O) groups is 1. The molecule has 2 aromatic rings. The minimum atomic E-state index is 0.0298. The number of nitrogens with one attached hydrogen (secondary N) is 1. The molecular formula is C26H37N3O. The Labute approximate surface area is 181 Å². The Bertz CT molecular complexity index is 883. The molecule has 1 heterocycles. The number of nitrogens with zero attached hydrogens (tertiary/aromatic N) is 2. The largest absolute Gasteiger partial charge is 0.348 e. The summed E-state index contributed by atoms with van der Waals surface area (Å²) in [6.45, 7) is 10.1. The SMILES string of the molecule is CC1CCC(C)C(C)(C)CC1NC(=O)c1nn(Cc2ccccc2)c2c1CCCC2. The van der Waals surface area contributed by atoms with Crippen LogP contribution in [0.4, 0.5) is 0 Å². The molecule has 0 spiro atoms. The van der Waals surface area contributed by atoms with Crippen LogP contribution in [0.25, 0.3) is 0 Å². The number of amides is 1. The van der Waals surface area contributed by atoms with Gasteiger partial charge >= 0.3 is 0 Å². The average Bonchev–Trinajstić information content (AvgIpc) is 3.06. The van der Waals surface area contributed by atoms with Crippen molar-refractivity contribution < 1.29 is 4.79 Å². The Kier molecular flexibility index (Phi) is 6.04. The van der Waals surface area contributed by atoms with Crippen LogP contribution in [0.15, 0.2) is 30.3 Å². The van der Waals surface area contributed by atoms with E-state index in [1.807, 2.05) is 6.07 Å². The van der Waals surface area contributed by atoms with Gasteiger partial charge in [-0.05, 0) is 67.8 Å². The molecule has 3 unspecified atom stereocenters. The van der Waals surface area contributed by atoms with E-state index in [2.05, 4.69) is 62.0 Å². The first-order valence-corrected chi connectivity index (χ1v) is 11.8. The first-order chi connectivity index (χ1) is 14.3. The summed E-state index contributed by atoms with van der Waals surface area (Å²) in [7, 11) is 0. The van der Waals surface area contributed by atoms with Gasteiger partial charge < -0.3 is 5.32 Å². The number of aromatic nitrogens is 2. The van der Waals surface area contributed by atoms with Gasteiger partial charge in [0.1, 0.15) is 0 Å². The highest BCUT2D eigenvalue weighted by Gasteiger charge is 2.36. The zero-order chi connectivity index (χ0) is 21.3. The molecule has 1 fully saturated rings. The number of benzene rings is 1. The van der Waals surface area contributed by atoms with E-state index in [0.29, 0.717) is 17.5 Å². The van der Waals surface area contributed by atoms with Crippen LogP contribution >= 0.6 is 0 Å². The van der Waals surface area contributed by atoms with Crippen molar-refractivity contribution in [2.45, 2.75) is 85.2 Å². The summed E-state index contributed by atoms with van der Waals surface area (Å²) < 4.78 is 2.08. The van der Waals surface area contributed by atoms with E-state index in [-0.39, 0.29) is 17.4 Å². The molecular weight excluding hydrogens is 370 g/mol. The fourth-order valence-corrected chi connectivity index (χ4v) is 5.24. The van der Waals surface area contributed by atoms with Crippen molar-refractivity contribution in [3.8, 4) is 0 Å². The van der Waals surface area contributed by atoms with Gasteiger partial charge in [0, 0.05) is 17.3 Å². The highest BCUT2D eigenvalue weighted by atomic mass is 16.2. The maximum atomic E-state index is 13.4. The van der Waals surface area contributed by atoms with Crippen LogP contribution in [0.2, 0.25) is 0 Å². The normalized spacial score (nSPS) is 25.9. The quantitative estimate of drug-likeness (QED) is 0.691. The van der Waals surface area contributed by atoms with Crippen molar-refractivity contribution in [3.63, 3.8) is 0 Å². The molecule has 0 aliphatic heterocycles. The summed E-state index contributed by atoms with van der Waals surface area (Å²) in [4.78, 5) is 13.4. The maximum absolute atomic E-state index is 13.4. The fraction of sp³-hybridized carbons (Fsp3) is 0.615. The fourth-order valence-electron chi connectivity index (χ4n) is 5.24. The summed E-state index contributed by atoms with van der Waals surface area (Å²) >= 11 is 0. The smallest absolute Gasteiger partial charge is 0.272 e. The first-order valence-electron chi connectivity index (χ1n) is 11.8. The van der Waals surface area contributed by atoms with Gasteiger partial charge in [-0.1, -0.05) is 58.0 Å². The molecule has 1 N–H and O–H groups in total. The van der Waals surface area contributed by atoms with Crippen molar-refractivity contribution in [3.05, 3.63) is 52.8 Å². The van der Waals surface area contributed by atoms with Crippen molar-refractivity contribution >= 4 is 5.91 Å². The van der Waals surface area contributed by atoms with Crippen molar-refractivity contribution in [2.24, 2.45) is 17.3 Å². The van der Waals surface area contributed by atoms with E-state index >= 15 is 0 Å². The van der Waals surface area contributed by atoms with Gasteiger partial charge in [-0.3, -0.25) is 9.48 Å². The van der Waals surface area contributed by atoms with Crippen molar-refractivity contribution in [1.29, 1.82) is 0 Å². The van der Waals surface area contributed by atoms with E-state index in [1.165, 1.54) is 36.1 Å². The second-order valence-electron chi connectivity index (χ2n) is 10.4. The number of rotatable bonds is 4. The molecule has 0 saturated heterocycles. The number of carbonyl (C=O) groups excluding carboxylic acids is 1. The molecule has 0 radical (unpaired) electrons. The predicted molar refractivity (Wildman–Crippen MR) is 122 cm³/mol. The van der Waals surface area contributed by atoms with E-state index in [1.54, 1.807) is 0 Å². The summed E-state index contributed by atoms with van der Waals surface area (Å²) in [5, 5.41) is 8.27. The molecule has 1 aromatic carbocycles. The molecule has 2 aliphatic carbocycles. The Hall–Kier alpha value is -2.10. The van der Waals surface area contributed by atoms with Gasteiger partial charge in [-0.15, -0.1) is 0 Å². The van der Waals surface area contributed by atoms with Crippen LogP contribution in [-0.4, -0.2) is 21.7 Å². The third-order valence-corrected chi connectivity index (χ3v) is 7.79. The van der Waals surface area contributed by atoms with Crippen molar-refractivity contribution in [1.82, 2.24) is 15.1 Å². The van der Waals surface area contributed by atoms with Gasteiger partial charge in [0.15, 0.2) is 5.69 Å². The zero-order valence-corrected chi connectivity index (χ0v) is 19.1. The van der Waals surface area contributed by atoms with E-state index in [4.69, 9.17) is 5.10 Å². The summed E-state index contributed by atoms with van der Waals surface area (Å²) in [5.41, 5.74) is 4.59. The van der Waals surface area contributed by atoms with Crippen molar-refractivity contribution in [2.75, 3.05) is 0 Å². The zero-order valence-electron chi connectivity index (χ0n) is 19.1. The Morgan fingerprint density at radius 1 is 1.13 bits per heavy atom. The van der Waals surface area contributed by atoms with Crippen LogP contribution in [0, 0.1) is 17.3 Å². The molecule has 3 atom stereocenters. The molecule has 2 aliphatic rings. The predicted octanol–water partition coefficient (Wildman–Crippen LogP) is 5.39. The summed E-state index contributed by atoms with van der Waals surface area (Å²) in [5.74, 6) is 1.21. The van der Waals surface area contributed by atoms with Crippen LogP contribution in [0.5, 0.6) is 0 Å². The summed E-state index contributed by atoms with van der Waals surface area (Å²) in [6.07, 6.45) is 7.77. The van der Waals surface area contributed by atoms with Crippen LogP contribution in [0.3, 0.4) is 0 Å². The third kappa shape index (κ3) is 4.33. The van der Waals surface area contributed by atoms with E-state index < -0.39 is 0 Å². The van der Waals surface area contributed by atoms with Crippen LogP contribution in [-0.2, 0) is 19.4 Å². The molecule has 4 rings (SSSR count). The monoisotopic (exact) mass is 407 g/mol. The number of fused-ring (bicyclic) bond motifs is 1. The second-order valence-corrected chi connectivity index (χ2v) is 10.4. The molecule has 1 amide bonds. The Morgan fingerprint density at radius 2 is 1.87 bits per heavy atom. The lowest BCUT2D eigenvalue weighted by atomic mass is 9.75. The van der Waals surface area contributed by atoms with Gasteiger partial charge in [0.2, 0.25) is 0 Å². The topological polar surface area (TPSA) is 46.9 Å². The van der Waals surface area contributed by atoms with Gasteiger partial charge in [-0.2, -0.15) is 5.10 Å². The van der Waals surface area contributed by atoms with Gasteiger partial charge in [-0.25, -0.2) is 0 Å². The van der Waals surface area contributed by atoms with E-state index in [0.717, 1.165) is 32.2 Å². The van der Waals surface area contributed by atoms with Crippen LogP contribution < -0.4 is 5.32 Å². The highest BCUT2D eigenvalue weighted by Crippen LogP contribution is 2.41. The third-order valence-electron chi connectivity index (χ3n) is 7.79. The van der Waals surface area contributed by atoms with Gasteiger partial charge in [0.25, 0.3) is 5.91 Å². The summed E-state index contributed by atoms with van der Waals surface area (Å²) in [6, 6.07) is 10.7. The minimum absolute atomic E-state index is 0.0298. The van der Waals surface area contributed by atoms with E-state index in [9.17, 15) is 4.79 Å². The molecule has 0 bridgehead atoms. The average molecular weight is 408 g/mol. The lowest BCUT2D eigenvalue weighted by Crippen LogP contribution is -2.42. The number of hydrogen-bond acceptors (Lipinski definition) is 2. The highest BCUT2D eigenvalue weighted by molar-refractivity contribution is 5.94. The first kappa shape index (κ1) is 21.1. The molecule has 30 heavy (non-hydrogen) atoms. The Balaban J connectivity index is 1.58. The standard InChI is InChI=1S/C26H37N3O/c1-18-14-15-19(2)26(3,4)16-22(18)27-25(30)24-21-12-8-9-13-23(21)29(28-24)17-20-10-6-5-7-11-20/h5-7,10-11,18-19,22H,8-9,12-17H2,1-4H3,(H,27,30). The number of hydrogen-bond donors (Lipinski definition) is 1. The Morgan fingerprint density at radius 3 is 2.63 bits per heavy atom. The lowest BCUT2D eigenvalue weighted by Gasteiger charge is -2.33. The van der Waals surface area contributed by atoms with Gasteiger partial charge in [0.05, 0.1) is 6.54 Å². The maximum Gasteiger partial charge on any atom is 0.272 e. The molecule has 1 aromatic heterocycles. The molecule has 1 saturated carbocycles. The second kappa shape index (κ2) is 8.56. The molecule has 4 nitrogen and oxygen atoms in total. The molecule has 4 heteroatoms. The minimum Gasteiger partial charge on any atom is -0.348 e.